The van der Waals surface area contributed by atoms with Crippen molar-refractivity contribution in [3.05, 3.63) is 138 Å². The Balaban J connectivity index is 1.07. The standard InChI is InChI=1S/C46H40N4O15/c1-58-39-17-27(35(49(54)55)21-41(39)60-3)23-62-44(52)47-13-7-9-25-15-31-37(19-33(25)47)64-38-20-34-26(16-32(38)46(31)30-12-6-5-11-29(30)43(51)65-46)10-8-14-48(34)45(53)63-24-28-18-40(59-2)42(61-4)22-36(28)50(56)57/h5-6,11-12,15-22H,7-10,13-14,23-24H2,1-4H3. The first-order valence-electron chi connectivity index (χ1n) is 20.4. The van der Waals surface area contributed by atoms with Crippen molar-refractivity contribution >= 4 is 40.9 Å². The van der Waals surface area contributed by atoms with Crippen molar-refractivity contribution in [1.29, 1.82) is 0 Å². The molecule has 0 fully saturated rings. The molecule has 0 aromatic heterocycles. The van der Waals surface area contributed by atoms with Crippen LogP contribution in [-0.2, 0) is 45.9 Å². The topological polar surface area (TPSA) is 218 Å². The maximum absolute atomic E-state index is 13.9. The minimum Gasteiger partial charge on any atom is -0.493 e. The van der Waals surface area contributed by atoms with E-state index in [1.807, 2.05) is 24.3 Å². The molecule has 0 aliphatic carbocycles. The Morgan fingerprint density at radius 3 is 1.54 bits per heavy atom. The van der Waals surface area contributed by atoms with E-state index in [1.54, 1.807) is 24.3 Å². The van der Waals surface area contributed by atoms with E-state index in [1.165, 1.54) is 62.5 Å². The molecule has 0 saturated carbocycles. The highest BCUT2D eigenvalue weighted by Crippen LogP contribution is 2.58. The minimum absolute atomic E-state index is 0.0933. The number of hydrogen-bond donors (Lipinski definition) is 0. The van der Waals surface area contributed by atoms with Crippen LogP contribution in [0.25, 0.3) is 0 Å². The lowest BCUT2D eigenvalue weighted by Crippen LogP contribution is -2.38. The van der Waals surface area contributed by atoms with Gasteiger partial charge in [0.25, 0.3) is 11.4 Å². The van der Waals surface area contributed by atoms with Crippen LogP contribution in [0.5, 0.6) is 34.5 Å². The molecule has 0 saturated heterocycles. The molecule has 1 spiro atoms. The Morgan fingerprint density at radius 2 is 1.09 bits per heavy atom. The third kappa shape index (κ3) is 7.04. The van der Waals surface area contributed by atoms with Crippen LogP contribution >= 0.6 is 0 Å². The largest absolute Gasteiger partial charge is 0.493 e. The van der Waals surface area contributed by atoms with Gasteiger partial charge in [0.15, 0.2) is 28.6 Å². The number of fused-ring (bicyclic) bond motifs is 8. The van der Waals surface area contributed by atoms with E-state index in [0.717, 1.165) is 11.1 Å². The number of amides is 2. The summed E-state index contributed by atoms with van der Waals surface area (Å²) < 4.78 is 45.7. The zero-order valence-corrected chi connectivity index (χ0v) is 35.5. The van der Waals surface area contributed by atoms with Gasteiger partial charge in [-0.3, -0.25) is 30.0 Å². The second kappa shape index (κ2) is 16.6. The second-order valence-electron chi connectivity index (χ2n) is 15.5. The number of carbonyl (C=O) groups excluding carboxylic acids is 3. The highest BCUT2D eigenvalue weighted by molar-refractivity contribution is 5.98. The normalized spacial score (nSPS) is 14.9. The van der Waals surface area contributed by atoms with Gasteiger partial charge in [-0.25, -0.2) is 14.4 Å². The Bertz CT molecular complexity index is 2690. The van der Waals surface area contributed by atoms with E-state index in [-0.39, 0.29) is 70.1 Å². The summed E-state index contributed by atoms with van der Waals surface area (Å²) in [5.41, 5.74) is 2.51. The van der Waals surface area contributed by atoms with Crippen LogP contribution in [0.15, 0.2) is 72.8 Å². The van der Waals surface area contributed by atoms with Crippen molar-refractivity contribution in [1.82, 2.24) is 0 Å². The summed E-state index contributed by atoms with van der Waals surface area (Å²) in [5.74, 6) is 0.726. The number of hydrogen-bond acceptors (Lipinski definition) is 15. The lowest BCUT2D eigenvalue weighted by molar-refractivity contribution is -0.386. The van der Waals surface area contributed by atoms with Crippen molar-refractivity contribution < 1.29 is 62.1 Å². The van der Waals surface area contributed by atoms with Crippen molar-refractivity contribution in [2.75, 3.05) is 51.3 Å². The van der Waals surface area contributed by atoms with Crippen LogP contribution in [0.3, 0.4) is 0 Å². The number of anilines is 2. The van der Waals surface area contributed by atoms with Gasteiger partial charge in [-0.05, 0) is 67.1 Å². The van der Waals surface area contributed by atoms with Gasteiger partial charge in [0.1, 0.15) is 24.7 Å². The predicted molar refractivity (Wildman–Crippen MR) is 229 cm³/mol. The number of nitro benzene ring substituents is 2. The van der Waals surface area contributed by atoms with Crippen LogP contribution < -0.4 is 33.5 Å². The molecule has 65 heavy (non-hydrogen) atoms. The number of nitrogens with zero attached hydrogens (tertiary/aromatic N) is 4. The van der Waals surface area contributed by atoms with Gasteiger partial charge in [-0.1, -0.05) is 18.2 Å². The quantitative estimate of drug-likeness (QED) is 0.0558. The lowest BCUT2D eigenvalue weighted by Gasteiger charge is -2.40. The van der Waals surface area contributed by atoms with Crippen molar-refractivity contribution in [3.63, 3.8) is 0 Å². The molecule has 19 heteroatoms. The van der Waals surface area contributed by atoms with Gasteiger partial charge in [0, 0.05) is 41.9 Å². The number of esters is 1. The zero-order valence-electron chi connectivity index (χ0n) is 35.5. The molecule has 0 N–H and O–H groups in total. The zero-order chi connectivity index (χ0) is 45.7. The fourth-order valence-corrected chi connectivity index (χ4v) is 9.03. The smallest absolute Gasteiger partial charge is 0.414 e. The first kappa shape index (κ1) is 42.2. The molecule has 19 nitrogen and oxygen atoms in total. The summed E-state index contributed by atoms with van der Waals surface area (Å²) in [6.07, 6.45) is 0.688. The number of ether oxygens (including phenoxy) is 8. The summed E-state index contributed by atoms with van der Waals surface area (Å²) in [7, 11) is 5.49. The van der Waals surface area contributed by atoms with Crippen LogP contribution in [-0.4, -0.2) is 69.5 Å². The molecule has 334 valence electrons. The molecule has 4 aliphatic heterocycles. The molecule has 0 unspecified atom stereocenters. The maximum atomic E-state index is 13.9. The summed E-state index contributed by atoms with van der Waals surface area (Å²) in [6, 6.07) is 19.4. The molecular formula is C46H40N4O15. The average Bonchev–Trinajstić information content (AvgIpc) is 3.62. The summed E-state index contributed by atoms with van der Waals surface area (Å²) in [6.45, 7) is -0.368. The van der Waals surface area contributed by atoms with E-state index in [0.29, 0.717) is 59.3 Å². The van der Waals surface area contributed by atoms with Gasteiger partial charge >= 0.3 is 18.2 Å². The van der Waals surface area contributed by atoms with Gasteiger partial charge in [0.05, 0.1) is 78.5 Å². The Kier molecular flexibility index (Phi) is 10.8. The molecule has 0 radical (unpaired) electrons. The third-order valence-electron chi connectivity index (χ3n) is 12.1. The van der Waals surface area contributed by atoms with E-state index < -0.39 is 46.8 Å². The summed E-state index contributed by atoms with van der Waals surface area (Å²) in [4.78, 5) is 67.2. The fraction of sp³-hybridized carbons (Fsp3) is 0.283. The number of methoxy groups -OCH3 is 4. The van der Waals surface area contributed by atoms with Crippen LogP contribution in [0.1, 0.15) is 62.1 Å². The second-order valence-corrected chi connectivity index (χ2v) is 15.5. The highest BCUT2D eigenvalue weighted by atomic mass is 16.6. The van der Waals surface area contributed by atoms with E-state index in [2.05, 4.69) is 0 Å². The lowest BCUT2D eigenvalue weighted by atomic mass is 9.75. The Morgan fingerprint density at radius 1 is 0.646 bits per heavy atom. The number of aryl methyl sites for hydroxylation is 2. The van der Waals surface area contributed by atoms with Gasteiger partial charge in [0.2, 0.25) is 0 Å². The molecule has 4 heterocycles. The van der Waals surface area contributed by atoms with Crippen LogP contribution in [0.4, 0.5) is 32.3 Å². The van der Waals surface area contributed by atoms with Crippen LogP contribution in [0.2, 0.25) is 0 Å². The number of rotatable bonds is 10. The molecule has 5 aromatic carbocycles. The number of nitro groups is 2. The molecule has 4 aliphatic rings. The SMILES string of the molecule is COc1cc(COC(=O)N2CCCc3cc4c(cc32)Oc2cc3c(cc2C42OC(=O)c4ccccc42)CCCN3C(=O)OCc2cc(OC)c(OC)cc2[N+](=O)[O-])c([N+](=O)[O-])cc1OC. The summed E-state index contributed by atoms with van der Waals surface area (Å²) >= 11 is 0. The predicted octanol–water partition coefficient (Wildman–Crippen LogP) is 8.28. The van der Waals surface area contributed by atoms with Crippen molar-refractivity contribution in [2.24, 2.45) is 0 Å². The molecular weight excluding hydrogens is 849 g/mol. The van der Waals surface area contributed by atoms with Crippen molar-refractivity contribution in [3.8, 4) is 34.5 Å². The highest BCUT2D eigenvalue weighted by Gasteiger charge is 2.54. The van der Waals surface area contributed by atoms with Crippen LogP contribution in [0, 0.1) is 20.2 Å². The Labute approximate surface area is 370 Å². The average molecular weight is 889 g/mol. The van der Waals surface area contributed by atoms with E-state index in [9.17, 15) is 34.6 Å². The number of benzene rings is 5. The molecule has 2 amide bonds. The fourth-order valence-electron chi connectivity index (χ4n) is 9.03. The molecule has 9 rings (SSSR count). The van der Waals surface area contributed by atoms with Gasteiger partial charge in [-0.2, -0.15) is 0 Å². The van der Waals surface area contributed by atoms with E-state index in [4.69, 9.17) is 37.9 Å². The monoisotopic (exact) mass is 888 g/mol. The third-order valence-corrected chi connectivity index (χ3v) is 12.1. The maximum Gasteiger partial charge on any atom is 0.414 e. The molecule has 0 bridgehead atoms. The van der Waals surface area contributed by atoms with Gasteiger partial charge < -0.3 is 37.9 Å². The first-order valence-corrected chi connectivity index (χ1v) is 20.4. The minimum atomic E-state index is -1.48. The molecule has 0 atom stereocenters. The van der Waals surface area contributed by atoms with Gasteiger partial charge in [-0.15, -0.1) is 0 Å². The van der Waals surface area contributed by atoms with E-state index >= 15 is 0 Å². The number of carbonyl (C=O) groups is 3. The molecule has 5 aromatic rings. The Hall–Kier alpha value is -8.09. The first-order chi connectivity index (χ1) is 31.4. The summed E-state index contributed by atoms with van der Waals surface area (Å²) in [5, 5.41) is 23.9. The van der Waals surface area contributed by atoms with Crippen molar-refractivity contribution in [2.45, 2.75) is 44.5 Å².